The Balaban J connectivity index is 2.01. The fourth-order valence-corrected chi connectivity index (χ4v) is 3.18. The third-order valence-electron chi connectivity index (χ3n) is 4.80. The van der Waals surface area contributed by atoms with E-state index >= 15 is 0 Å². The number of ether oxygens (including phenoxy) is 2. The molecule has 0 saturated carbocycles. The predicted molar refractivity (Wildman–Crippen MR) is 101 cm³/mol. The molecule has 1 amide bonds. The molecule has 5 nitrogen and oxygen atoms in total. The van der Waals surface area contributed by atoms with Gasteiger partial charge in [-0.3, -0.25) is 4.79 Å². The second-order valence-electron chi connectivity index (χ2n) is 6.47. The van der Waals surface area contributed by atoms with Crippen LogP contribution in [0, 0.1) is 0 Å². The van der Waals surface area contributed by atoms with E-state index in [0.717, 1.165) is 32.5 Å². The molecule has 150 valence electrons. The molecule has 7 heteroatoms. The number of hydrogen-bond donors (Lipinski definition) is 0. The molecule has 0 atom stereocenters. The first kappa shape index (κ1) is 21.2. The SMILES string of the molecule is CCOc1cc(/C=C/C(=O)N(C)C2CCN(CC)CC2)ccc1OC(F)F. The second kappa shape index (κ2) is 10.3. The Hall–Kier alpha value is -2.15. The maximum absolute atomic E-state index is 12.5. The first-order valence-corrected chi connectivity index (χ1v) is 9.33. The molecule has 1 heterocycles. The van der Waals surface area contributed by atoms with E-state index in [1.54, 1.807) is 30.0 Å². The van der Waals surface area contributed by atoms with Crippen LogP contribution in [0.4, 0.5) is 8.78 Å². The van der Waals surface area contributed by atoms with E-state index in [2.05, 4.69) is 16.6 Å². The van der Waals surface area contributed by atoms with Gasteiger partial charge >= 0.3 is 6.61 Å². The van der Waals surface area contributed by atoms with Crippen molar-refractivity contribution >= 4 is 12.0 Å². The predicted octanol–water partition coefficient (Wildman–Crippen LogP) is 3.64. The molecule has 0 aromatic heterocycles. The van der Waals surface area contributed by atoms with Crippen LogP contribution < -0.4 is 9.47 Å². The van der Waals surface area contributed by atoms with Crippen LogP contribution in [0.5, 0.6) is 11.5 Å². The summed E-state index contributed by atoms with van der Waals surface area (Å²) in [5.41, 5.74) is 0.683. The lowest BCUT2D eigenvalue weighted by molar-refractivity contribution is -0.127. The molecule has 0 N–H and O–H groups in total. The zero-order valence-corrected chi connectivity index (χ0v) is 16.2. The van der Waals surface area contributed by atoms with Crippen molar-refractivity contribution in [2.45, 2.75) is 39.3 Å². The van der Waals surface area contributed by atoms with E-state index in [1.807, 2.05) is 7.05 Å². The number of halogens is 2. The molecular weight excluding hydrogens is 354 g/mol. The number of hydrogen-bond acceptors (Lipinski definition) is 4. The Bertz CT molecular complexity index is 644. The van der Waals surface area contributed by atoms with Gasteiger partial charge in [0.1, 0.15) is 0 Å². The molecule has 0 unspecified atom stereocenters. The topological polar surface area (TPSA) is 42.0 Å². The number of benzene rings is 1. The van der Waals surface area contributed by atoms with E-state index < -0.39 is 6.61 Å². The summed E-state index contributed by atoms with van der Waals surface area (Å²) in [5.74, 6) is 0.138. The quantitative estimate of drug-likeness (QED) is 0.644. The highest BCUT2D eigenvalue weighted by atomic mass is 19.3. The Morgan fingerprint density at radius 2 is 2.00 bits per heavy atom. The van der Waals surface area contributed by atoms with Crippen molar-refractivity contribution in [2.24, 2.45) is 0 Å². The summed E-state index contributed by atoms with van der Waals surface area (Å²) in [6.45, 7) is 4.36. The Labute approximate surface area is 159 Å². The minimum Gasteiger partial charge on any atom is -0.490 e. The number of likely N-dealkylation sites (N-methyl/N-ethyl adjacent to an activating group) is 1. The molecule has 1 aliphatic heterocycles. The lowest BCUT2D eigenvalue weighted by Gasteiger charge is -2.35. The number of piperidine rings is 1. The second-order valence-corrected chi connectivity index (χ2v) is 6.47. The minimum atomic E-state index is -2.92. The molecule has 1 fully saturated rings. The summed E-state index contributed by atoms with van der Waals surface area (Å²) in [5, 5.41) is 0. The third-order valence-corrected chi connectivity index (χ3v) is 4.80. The van der Waals surface area contributed by atoms with Gasteiger partial charge in [-0.1, -0.05) is 13.0 Å². The van der Waals surface area contributed by atoms with Crippen LogP contribution in [-0.2, 0) is 4.79 Å². The average molecular weight is 382 g/mol. The highest BCUT2D eigenvalue weighted by Gasteiger charge is 2.23. The van der Waals surface area contributed by atoms with E-state index in [1.165, 1.54) is 12.1 Å². The summed E-state index contributed by atoms with van der Waals surface area (Å²) in [4.78, 5) is 16.6. The summed E-state index contributed by atoms with van der Waals surface area (Å²) in [7, 11) is 1.82. The molecule has 1 saturated heterocycles. The summed E-state index contributed by atoms with van der Waals surface area (Å²) >= 11 is 0. The zero-order valence-electron chi connectivity index (χ0n) is 16.2. The monoisotopic (exact) mass is 382 g/mol. The summed E-state index contributed by atoms with van der Waals surface area (Å²) in [6.07, 6.45) is 5.11. The van der Waals surface area contributed by atoms with Crippen LogP contribution >= 0.6 is 0 Å². The molecule has 1 aromatic rings. The van der Waals surface area contributed by atoms with Crippen molar-refractivity contribution in [2.75, 3.05) is 33.3 Å². The number of carbonyl (C=O) groups is 1. The molecule has 27 heavy (non-hydrogen) atoms. The Kier molecular flexibility index (Phi) is 8.03. The number of alkyl halides is 2. The van der Waals surface area contributed by atoms with Gasteiger partial charge in [0.2, 0.25) is 5.91 Å². The van der Waals surface area contributed by atoms with Gasteiger partial charge in [-0.15, -0.1) is 0 Å². The highest BCUT2D eigenvalue weighted by Crippen LogP contribution is 2.30. The Morgan fingerprint density at radius 3 is 2.59 bits per heavy atom. The smallest absolute Gasteiger partial charge is 0.387 e. The zero-order chi connectivity index (χ0) is 19.8. The molecule has 0 radical (unpaired) electrons. The Morgan fingerprint density at radius 1 is 1.30 bits per heavy atom. The number of rotatable bonds is 8. The fraction of sp³-hybridized carbons (Fsp3) is 0.550. The molecule has 0 bridgehead atoms. The van der Waals surface area contributed by atoms with Gasteiger partial charge in [-0.2, -0.15) is 8.78 Å². The molecular formula is C20H28F2N2O3. The van der Waals surface area contributed by atoms with Crippen LogP contribution in [0.1, 0.15) is 32.3 Å². The first-order valence-electron chi connectivity index (χ1n) is 9.33. The molecule has 1 aliphatic rings. The van der Waals surface area contributed by atoms with Crippen LogP contribution in [0.2, 0.25) is 0 Å². The van der Waals surface area contributed by atoms with Gasteiger partial charge in [0.15, 0.2) is 11.5 Å². The lowest BCUT2D eigenvalue weighted by Crippen LogP contribution is -2.45. The van der Waals surface area contributed by atoms with Gasteiger partial charge in [0.25, 0.3) is 0 Å². The van der Waals surface area contributed by atoms with Crippen LogP contribution in [0.3, 0.4) is 0 Å². The van der Waals surface area contributed by atoms with Gasteiger partial charge in [-0.05, 0) is 50.1 Å². The van der Waals surface area contributed by atoms with Crippen molar-refractivity contribution in [3.05, 3.63) is 29.8 Å². The van der Waals surface area contributed by atoms with Gasteiger partial charge in [-0.25, -0.2) is 0 Å². The van der Waals surface area contributed by atoms with Crippen molar-refractivity contribution < 1.29 is 23.0 Å². The average Bonchev–Trinajstić information content (AvgIpc) is 2.67. The normalized spacial score (nSPS) is 16.1. The van der Waals surface area contributed by atoms with E-state index in [0.29, 0.717) is 12.2 Å². The van der Waals surface area contributed by atoms with Gasteiger partial charge in [0.05, 0.1) is 6.61 Å². The largest absolute Gasteiger partial charge is 0.490 e. The number of carbonyl (C=O) groups excluding carboxylic acids is 1. The number of nitrogens with zero attached hydrogens (tertiary/aromatic N) is 2. The molecule has 0 spiro atoms. The van der Waals surface area contributed by atoms with Crippen molar-refractivity contribution in [3.8, 4) is 11.5 Å². The van der Waals surface area contributed by atoms with Crippen LogP contribution in [-0.4, -0.2) is 61.6 Å². The van der Waals surface area contributed by atoms with E-state index in [9.17, 15) is 13.6 Å². The molecule has 1 aromatic carbocycles. The minimum absolute atomic E-state index is 0.0184. The highest BCUT2D eigenvalue weighted by molar-refractivity contribution is 5.91. The van der Waals surface area contributed by atoms with Crippen LogP contribution in [0.25, 0.3) is 6.08 Å². The van der Waals surface area contributed by atoms with E-state index in [4.69, 9.17) is 4.74 Å². The fourth-order valence-electron chi connectivity index (χ4n) is 3.18. The summed E-state index contributed by atoms with van der Waals surface area (Å²) < 4.78 is 34.7. The molecule has 0 aliphatic carbocycles. The van der Waals surface area contributed by atoms with Crippen molar-refractivity contribution in [3.63, 3.8) is 0 Å². The van der Waals surface area contributed by atoms with Crippen molar-refractivity contribution in [1.82, 2.24) is 9.80 Å². The van der Waals surface area contributed by atoms with Gasteiger partial charge < -0.3 is 19.3 Å². The van der Waals surface area contributed by atoms with Crippen LogP contribution in [0.15, 0.2) is 24.3 Å². The molecule has 2 rings (SSSR count). The summed E-state index contributed by atoms with van der Waals surface area (Å²) in [6, 6.07) is 4.87. The van der Waals surface area contributed by atoms with Gasteiger partial charge in [0, 0.05) is 32.3 Å². The standard InChI is InChI=1S/C20H28F2N2O3/c1-4-24-12-10-16(11-13-24)23(3)19(25)9-7-15-6-8-17(27-20(21)22)18(14-15)26-5-2/h6-9,14,16,20H,4-5,10-13H2,1-3H3/b9-7+. The van der Waals surface area contributed by atoms with E-state index in [-0.39, 0.29) is 23.4 Å². The lowest BCUT2D eigenvalue weighted by atomic mass is 10.0. The first-order chi connectivity index (χ1) is 12.9. The third kappa shape index (κ3) is 6.20. The maximum Gasteiger partial charge on any atom is 0.387 e. The maximum atomic E-state index is 12.5. The number of likely N-dealkylation sites (tertiary alicyclic amines) is 1. The van der Waals surface area contributed by atoms with Crippen molar-refractivity contribution in [1.29, 1.82) is 0 Å². The number of amides is 1.